The normalized spacial score (nSPS) is 15.2. The molecule has 6 nitrogen and oxygen atoms in total. The quantitative estimate of drug-likeness (QED) is 0.471. The molecule has 0 saturated heterocycles. The topological polar surface area (TPSA) is 79.0 Å². The summed E-state index contributed by atoms with van der Waals surface area (Å²) in [6.07, 6.45) is 1.85. The number of halogens is 1. The van der Waals surface area contributed by atoms with Crippen molar-refractivity contribution in [1.82, 2.24) is 10.9 Å². The Morgan fingerprint density at radius 2 is 1.71 bits per heavy atom. The van der Waals surface area contributed by atoms with E-state index in [1.54, 1.807) is 12.1 Å². The number of furan rings is 1. The van der Waals surface area contributed by atoms with Gasteiger partial charge in [0, 0.05) is 6.42 Å². The van der Waals surface area contributed by atoms with Crippen LogP contribution in [0.4, 0.5) is 0 Å². The van der Waals surface area contributed by atoms with Crippen LogP contribution in [0, 0.1) is 0 Å². The Morgan fingerprint density at radius 1 is 1.07 bits per heavy atom. The zero-order valence-corrected chi connectivity index (χ0v) is 16.4. The summed E-state index contributed by atoms with van der Waals surface area (Å²) in [5.41, 5.74) is 7.57. The molecular weight excluding hydrogens is 420 g/mol. The third kappa shape index (κ3) is 3.61. The number of carbonyl (C=O) groups excluding carboxylic acids is 1. The van der Waals surface area contributed by atoms with E-state index in [-0.39, 0.29) is 5.91 Å². The highest BCUT2D eigenvalue weighted by Gasteiger charge is 2.41. The lowest BCUT2D eigenvalue weighted by atomic mass is 9.80. The lowest BCUT2D eigenvalue weighted by molar-refractivity contribution is -0.114. The van der Waals surface area contributed by atoms with Crippen molar-refractivity contribution < 1.29 is 9.21 Å². The molecule has 2 N–H and O–H groups in total. The SMILES string of the molecule is O=C(NN=Cc1ccc(Br)o1)C1=NNC(c2ccccc2)(c2ccccc2)C1. The van der Waals surface area contributed by atoms with Gasteiger partial charge in [0.15, 0.2) is 4.67 Å². The number of rotatable bonds is 5. The van der Waals surface area contributed by atoms with Crippen molar-refractivity contribution >= 4 is 33.8 Å². The van der Waals surface area contributed by atoms with Crippen LogP contribution in [0.2, 0.25) is 0 Å². The van der Waals surface area contributed by atoms with Crippen LogP contribution in [-0.4, -0.2) is 17.8 Å². The molecule has 3 aromatic rings. The van der Waals surface area contributed by atoms with Crippen LogP contribution in [0.1, 0.15) is 23.3 Å². The van der Waals surface area contributed by atoms with Gasteiger partial charge in [0.1, 0.15) is 17.0 Å². The first-order chi connectivity index (χ1) is 13.7. The molecule has 28 heavy (non-hydrogen) atoms. The molecule has 1 aliphatic rings. The van der Waals surface area contributed by atoms with Crippen molar-refractivity contribution in [2.24, 2.45) is 10.2 Å². The van der Waals surface area contributed by atoms with Crippen molar-refractivity contribution in [3.63, 3.8) is 0 Å². The van der Waals surface area contributed by atoms with Gasteiger partial charge in [0.05, 0.1) is 6.21 Å². The maximum atomic E-state index is 12.6. The fourth-order valence-electron chi connectivity index (χ4n) is 3.19. The lowest BCUT2D eigenvalue weighted by Gasteiger charge is -2.30. The molecule has 0 fully saturated rings. The van der Waals surface area contributed by atoms with Crippen molar-refractivity contribution in [2.75, 3.05) is 0 Å². The summed E-state index contributed by atoms with van der Waals surface area (Å²) in [6.45, 7) is 0. The molecule has 2 aromatic carbocycles. The fourth-order valence-corrected chi connectivity index (χ4v) is 3.51. The van der Waals surface area contributed by atoms with Gasteiger partial charge in [-0.2, -0.15) is 10.2 Å². The van der Waals surface area contributed by atoms with E-state index < -0.39 is 5.54 Å². The van der Waals surface area contributed by atoms with E-state index >= 15 is 0 Å². The maximum absolute atomic E-state index is 12.6. The number of nitrogens with zero attached hydrogens (tertiary/aromatic N) is 2. The van der Waals surface area contributed by atoms with Crippen LogP contribution < -0.4 is 10.9 Å². The first-order valence-electron chi connectivity index (χ1n) is 8.71. The van der Waals surface area contributed by atoms with Gasteiger partial charge < -0.3 is 4.42 Å². The summed E-state index contributed by atoms with van der Waals surface area (Å²) in [6, 6.07) is 23.5. The molecule has 1 amide bonds. The van der Waals surface area contributed by atoms with E-state index in [2.05, 4.69) is 37.0 Å². The zero-order chi connectivity index (χ0) is 19.4. The van der Waals surface area contributed by atoms with E-state index in [9.17, 15) is 4.79 Å². The van der Waals surface area contributed by atoms with Crippen molar-refractivity contribution in [1.29, 1.82) is 0 Å². The van der Waals surface area contributed by atoms with Crippen LogP contribution in [0.25, 0.3) is 0 Å². The number of hydrogen-bond donors (Lipinski definition) is 2. The summed E-state index contributed by atoms with van der Waals surface area (Å²) in [5, 5.41) is 8.27. The van der Waals surface area contributed by atoms with Crippen molar-refractivity contribution in [2.45, 2.75) is 12.0 Å². The number of nitrogens with one attached hydrogen (secondary N) is 2. The highest BCUT2D eigenvalue weighted by molar-refractivity contribution is 9.10. The minimum atomic E-state index is -0.592. The zero-order valence-electron chi connectivity index (χ0n) is 14.8. The summed E-state index contributed by atoms with van der Waals surface area (Å²) in [5.74, 6) is 0.171. The molecule has 0 aliphatic carbocycles. The van der Waals surface area contributed by atoms with Crippen LogP contribution >= 0.6 is 15.9 Å². The molecule has 1 aromatic heterocycles. The largest absolute Gasteiger partial charge is 0.448 e. The van der Waals surface area contributed by atoms with Gasteiger partial charge in [-0.3, -0.25) is 10.2 Å². The average molecular weight is 437 g/mol. The minimum absolute atomic E-state index is 0.358. The fraction of sp³-hybridized carbons (Fsp3) is 0.0952. The Labute approximate surface area is 170 Å². The van der Waals surface area contributed by atoms with Gasteiger partial charge in [-0.1, -0.05) is 60.7 Å². The second-order valence-electron chi connectivity index (χ2n) is 6.33. The molecule has 140 valence electrons. The number of hydrazone groups is 2. The molecular formula is C21H17BrN4O2. The third-order valence-corrected chi connectivity index (χ3v) is 4.99. The molecule has 0 saturated carbocycles. The Balaban J connectivity index is 1.53. The second-order valence-corrected chi connectivity index (χ2v) is 7.11. The number of amides is 1. The lowest BCUT2D eigenvalue weighted by Crippen LogP contribution is -2.38. The monoisotopic (exact) mass is 436 g/mol. The van der Waals surface area contributed by atoms with Gasteiger partial charge >= 0.3 is 0 Å². The third-order valence-electron chi connectivity index (χ3n) is 4.56. The molecule has 0 atom stereocenters. The first-order valence-corrected chi connectivity index (χ1v) is 9.50. The van der Waals surface area contributed by atoms with E-state index in [1.807, 2.05) is 60.7 Å². The molecule has 1 aliphatic heterocycles. The van der Waals surface area contributed by atoms with Crippen LogP contribution in [-0.2, 0) is 10.3 Å². The summed E-state index contributed by atoms with van der Waals surface area (Å²) < 4.78 is 5.91. The van der Waals surface area contributed by atoms with Gasteiger partial charge in [0.2, 0.25) is 0 Å². The highest BCUT2D eigenvalue weighted by atomic mass is 79.9. The van der Waals surface area contributed by atoms with Crippen LogP contribution in [0.5, 0.6) is 0 Å². The highest BCUT2D eigenvalue weighted by Crippen LogP contribution is 2.36. The predicted molar refractivity (Wildman–Crippen MR) is 111 cm³/mol. The summed E-state index contributed by atoms with van der Waals surface area (Å²) in [7, 11) is 0. The molecule has 4 rings (SSSR count). The minimum Gasteiger partial charge on any atom is -0.448 e. The molecule has 0 unspecified atom stereocenters. The Kier molecular flexibility index (Phi) is 5.08. The number of hydrogen-bond acceptors (Lipinski definition) is 5. The van der Waals surface area contributed by atoms with Crippen molar-refractivity contribution in [3.05, 3.63) is 94.4 Å². The molecule has 2 heterocycles. The van der Waals surface area contributed by atoms with E-state index in [1.165, 1.54) is 6.21 Å². The predicted octanol–water partition coefficient (Wildman–Crippen LogP) is 3.79. The number of carbonyl (C=O) groups is 1. The Morgan fingerprint density at radius 3 is 2.29 bits per heavy atom. The Bertz CT molecular complexity index is 989. The van der Waals surface area contributed by atoms with Gasteiger partial charge in [-0.05, 0) is 39.2 Å². The molecule has 7 heteroatoms. The summed E-state index contributed by atoms with van der Waals surface area (Å²) >= 11 is 3.22. The average Bonchev–Trinajstić information content (AvgIpc) is 3.37. The van der Waals surface area contributed by atoms with Crippen LogP contribution in [0.3, 0.4) is 0 Å². The van der Waals surface area contributed by atoms with Gasteiger partial charge in [0.25, 0.3) is 5.91 Å². The second kappa shape index (κ2) is 7.82. The maximum Gasteiger partial charge on any atom is 0.287 e. The molecule has 0 bridgehead atoms. The van der Waals surface area contributed by atoms with Crippen molar-refractivity contribution in [3.8, 4) is 0 Å². The van der Waals surface area contributed by atoms with Gasteiger partial charge in [-0.15, -0.1) is 0 Å². The summed E-state index contributed by atoms with van der Waals surface area (Å²) in [4.78, 5) is 12.6. The number of benzene rings is 2. The van der Waals surface area contributed by atoms with Gasteiger partial charge in [-0.25, -0.2) is 5.43 Å². The smallest absolute Gasteiger partial charge is 0.287 e. The van der Waals surface area contributed by atoms with Crippen LogP contribution in [0.15, 0.2) is 92.1 Å². The van der Waals surface area contributed by atoms with E-state index in [4.69, 9.17) is 4.42 Å². The molecule has 0 spiro atoms. The first kappa shape index (κ1) is 18.2. The van der Waals surface area contributed by atoms with E-state index in [0.717, 1.165) is 11.1 Å². The Hall–Kier alpha value is -3.19. The molecule has 0 radical (unpaired) electrons. The standard InChI is InChI=1S/C21H17BrN4O2/c22-19-12-11-17(28-19)14-23-25-20(27)18-13-21(26-24-18,15-7-3-1-4-8-15)16-9-5-2-6-10-16/h1-12,14,26H,13H2,(H,25,27). The van der Waals surface area contributed by atoms with E-state index in [0.29, 0.717) is 22.6 Å².